The average Bonchev–Trinajstić information content (AvgIpc) is 2.71. The summed E-state index contributed by atoms with van der Waals surface area (Å²) in [5.74, 6) is 1.17. The number of piperazine rings is 1. The van der Waals surface area contributed by atoms with Gasteiger partial charge in [-0.15, -0.1) is 0 Å². The van der Waals surface area contributed by atoms with Crippen LogP contribution in [0.5, 0.6) is 0 Å². The molecule has 2 aromatic rings. The number of fused-ring (bicyclic) bond motifs is 1. The molecule has 1 aliphatic rings. The van der Waals surface area contributed by atoms with E-state index in [0.29, 0.717) is 73.8 Å². The molecular formula is C18H25ClN6O4. The number of hydrogen-bond acceptors (Lipinski definition) is 8. The predicted molar refractivity (Wildman–Crippen MR) is 110 cm³/mol. The Balaban J connectivity index is 1.86. The number of nitrogens with zero attached hydrogens (tertiary/aromatic N) is 5. The number of nitrogens with one attached hydrogen (secondary N) is 1. The lowest BCUT2D eigenvalue weighted by atomic mass is 10.3. The van der Waals surface area contributed by atoms with Gasteiger partial charge in [-0.05, 0) is 19.9 Å². The highest BCUT2D eigenvalue weighted by molar-refractivity contribution is 6.31. The summed E-state index contributed by atoms with van der Waals surface area (Å²) in [5, 5.41) is 12.9. The molecule has 0 aromatic carbocycles. The fourth-order valence-electron chi connectivity index (χ4n) is 3.08. The molecule has 0 bridgehead atoms. The van der Waals surface area contributed by atoms with E-state index in [4.69, 9.17) is 21.1 Å². The molecule has 10 nitrogen and oxygen atoms in total. The molecule has 158 valence electrons. The number of pyridine rings is 1. The van der Waals surface area contributed by atoms with Crippen molar-refractivity contribution in [2.75, 3.05) is 56.2 Å². The molecule has 0 unspecified atom stereocenters. The molecular weight excluding hydrogens is 400 g/mol. The number of hydrogen-bond donors (Lipinski definition) is 2. The first-order chi connectivity index (χ1) is 14.0. The van der Waals surface area contributed by atoms with Gasteiger partial charge in [-0.3, -0.25) is 0 Å². The van der Waals surface area contributed by atoms with Gasteiger partial charge in [0.15, 0.2) is 23.6 Å². The Morgan fingerprint density at radius 1 is 1.24 bits per heavy atom. The van der Waals surface area contributed by atoms with Crippen molar-refractivity contribution in [3.8, 4) is 0 Å². The van der Waals surface area contributed by atoms with E-state index in [1.807, 2.05) is 18.7 Å². The molecule has 2 N–H and O–H groups in total. The van der Waals surface area contributed by atoms with Crippen LogP contribution in [0, 0.1) is 0 Å². The van der Waals surface area contributed by atoms with Crippen LogP contribution < -0.4 is 10.2 Å². The summed E-state index contributed by atoms with van der Waals surface area (Å²) in [6, 6.07) is 1.71. The molecule has 29 heavy (non-hydrogen) atoms. The minimum atomic E-state index is -0.917. The molecule has 1 amide bonds. The van der Waals surface area contributed by atoms with Gasteiger partial charge in [-0.1, -0.05) is 11.6 Å². The van der Waals surface area contributed by atoms with Gasteiger partial charge >= 0.3 is 6.09 Å². The fourth-order valence-corrected chi connectivity index (χ4v) is 3.23. The van der Waals surface area contributed by atoms with Crippen LogP contribution in [0.15, 0.2) is 12.3 Å². The van der Waals surface area contributed by atoms with Crippen LogP contribution in [0.2, 0.25) is 5.02 Å². The topological polar surface area (TPSA) is 113 Å². The normalized spacial score (nSPS) is 14.6. The van der Waals surface area contributed by atoms with Crippen LogP contribution in [0.3, 0.4) is 0 Å². The molecule has 0 saturated carbocycles. The molecule has 0 atom stereocenters. The Bertz CT molecular complexity index is 840. The fraction of sp³-hybridized carbons (Fsp3) is 0.556. The van der Waals surface area contributed by atoms with Crippen LogP contribution >= 0.6 is 11.6 Å². The van der Waals surface area contributed by atoms with Crippen molar-refractivity contribution in [2.45, 2.75) is 20.1 Å². The first-order valence-corrected chi connectivity index (χ1v) is 9.92. The number of carboxylic acid groups (broad SMARTS) is 1. The van der Waals surface area contributed by atoms with Gasteiger partial charge in [0.1, 0.15) is 5.52 Å². The van der Waals surface area contributed by atoms with Crippen molar-refractivity contribution in [1.29, 1.82) is 0 Å². The van der Waals surface area contributed by atoms with E-state index in [2.05, 4.69) is 20.3 Å². The zero-order valence-electron chi connectivity index (χ0n) is 16.5. The Hall–Kier alpha value is -2.43. The Labute approximate surface area is 173 Å². The summed E-state index contributed by atoms with van der Waals surface area (Å²) in [7, 11) is 0. The highest BCUT2D eigenvalue weighted by Crippen LogP contribution is 2.26. The van der Waals surface area contributed by atoms with Crippen LogP contribution in [0.25, 0.3) is 11.2 Å². The molecule has 3 heterocycles. The zero-order valence-corrected chi connectivity index (χ0v) is 17.2. The first-order valence-electron chi connectivity index (χ1n) is 9.55. The third kappa shape index (κ3) is 5.34. The van der Waals surface area contributed by atoms with Crippen molar-refractivity contribution >= 4 is 40.5 Å². The van der Waals surface area contributed by atoms with Gasteiger partial charge in [-0.2, -0.15) is 0 Å². The number of halogens is 1. The van der Waals surface area contributed by atoms with Gasteiger partial charge in [0, 0.05) is 45.6 Å². The molecule has 0 spiro atoms. The molecule has 1 saturated heterocycles. The third-order valence-corrected chi connectivity index (χ3v) is 4.67. The maximum absolute atomic E-state index is 11.2. The minimum absolute atomic E-state index is 0.387. The summed E-state index contributed by atoms with van der Waals surface area (Å²) in [4.78, 5) is 28.2. The maximum atomic E-state index is 11.2. The van der Waals surface area contributed by atoms with Crippen molar-refractivity contribution in [3.63, 3.8) is 0 Å². The summed E-state index contributed by atoms with van der Waals surface area (Å²) in [6.45, 7) is 7.05. The Morgan fingerprint density at radius 2 is 1.93 bits per heavy atom. The number of amides is 1. The van der Waals surface area contributed by atoms with E-state index in [1.165, 1.54) is 11.1 Å². The summed E-state index contributed by atoms with van der Waals surface area (Å²) in [5.41, 5.74) is 1.04. The number of ether oxygens (including phenoxy) is 2. The molecule has 11 heteroatoms. The van der Waals surface area contributed by atoms with Gasteiger partial charge in [0.25, 0.3) is 0 Å². The zero-order chi connectivity index (χ0) is 20.8. The second-order valence-electron chi connectivity index (χ2n) is 6.37. The second-order valence-corrected chi connectivity index (χ2v) is 6.81. The molecule has 2 aromatic heterocycles. The van der Waals surface area contributed by atoms with Crippen LogP contribution in [0.1, 0.15) is 13.8 Å². The van der Waals surface area contributed by atoms with Crippen LogP contribution in [0.4, 0.5) is 16.4 Å². The highest BCUT2D eigenvalue weighted by Gasteiger charge is 2.24. The van der Waals surface area contributed by atoms with Crippen molar-refractivity contribution in [3.05, 3.63) is 17.3 Å². The molecule has 0 aliphatic carbocycles. The Kier molecular flexibility index (Phi) is 7.24. The number of aromatic nitrogens is 3. The van der Waals surface area contributed by atoms with E-state index in [0.717, 1.165) is 0 Å². The van der Waals surface area contributed by atoms with E-state index in [-0.39, 0.29) is 0 Å². The van der Waals surface area contributed by atoms with E-state index >= 15 is 0 Å². The minimum Gasteiger partial charge on any atom is -0.465 e. The van der Waals surface area contributed by atoms with Gasteiger partial charge in [0.2, 0.25) is 0 Å². The first kappa shape index (κ1) is 21.3. The monoisotopic (exact) mass is 424 g/mol. The SMILES string of the molecule is CCOC(CNc1nc2cc(Cl)cnc2nc1N1CCN(C(=O)O)CC1)OCC. The largest absolute Gasteiger partial charge is 0.465 e. The van der Waals surface area contributed by atoms with Crippen molar-refractivity contribution in [1.82, 2.24) is 19.9 Å². The van der Waals surface area contributed by atoms with Crippen molar-refractivity contribution < 1.29 is 19.4 Å². The van der Waals surface area contributed by atoms with E-state index in [1.54, 1.807) is 6.07 Å². The lowest BCUT2D eigenvalue weighted by molar-refractivity contribution is -0.126. The Morgan fingerprint density at radius 3 is 2.55 bits per heavy atom. The molecule has 3 rings (SSSR count). The lowest BCUT2D eigenvalue weighted by Crippen LogP contribution is -2.48. The standard InChI is InChI=1S/C18H25ClN6O4/c1-3-28-14(29-4-2)11-21-16-17(24-5-7-25(8-6-24)18(26)27)23-15-13(22-16)9-12(19)10-20-15/h9-10,14H,3-8,11H2,1-2H3,(H,21,22)(H,26,27). The molecule has 1 fully saturated rings. The molecule has 0 radical (unpaired) electrons. The van der Waals surface area contributed by atoms with Crippen LogP contribution in [-0.4, -0.2) is 83.3 Å². The van der Waals surface area contributed by atoms with E-state index < -0.39 is 12.4 Å². The highest BCUT2D eigenvalue weighted by atomic mass is 35.5. The third-order valence-electron chi connectivity index (χ3n) is 4.46. The van der Waals surface area contributed by atoms with Crippen LogP contribution in [-0.2, 0) is 9.47 Å². The summed E-state index contributed by atoms with van der Waals surface area (Å²) in [6.07, 6.45) is 0.190. The molecule has 1 aliphatic heterocycles. The quantitative estimate of drug-likeness (QED) is 0.616. The van der Waals surface area contributed by atoms with Crippen molar-refractivity contribution in [2.24, 2.45) is 0 Å². The number of carbonyl (C=O) groups is 1. The lowest BCUT2D eigenvalue weighted by Gasteiger charge is -2.34. The predicted octanol–water partition coefficient (Wildman–Crippen LogP) is 2.29. The number of rotatable bonds is 8. The van der Waals surface area contributed by atoms with Gasteiger partial charge in [-0.25, -0.2) is 19.7 Å². The second kappa shape index (κ2) is 9.86. The van der Waals surface area contributed by atoms with E-state index in [9.17, 15) is 9.90 Å². The smallest absolute Gasteiger partial charge is 0.407 e. The number of anilines is 2. The van der Waals surface area contributed by atoms with Gasteiger partial charge < -0.3 is 29.7 Å². The summed E-state index contributed by atoms with van der Waals surface area (Å²) < 4.78 is 11.2. The maximum Gasteiger partial charge on any atom is 0.407 e. The summed E-state index contributed by atoms with van der Waals surface area (Å²) >= 11 is 6.05. The van der Waals surface area contributed by atoms with Gasteiger partial charge in [0.05, 0.1) is 11.6 Å². The average molecular weight is 425 g/mol.